The number of rotatable bonds is 6. The molecule has 4 nitrogen and oxygen atoms in total. The number of ether oxygens (including phenoxy) is 1. The van der Waals surface area contributed by atoms with Gasteiger partial charge >= 0.3 is 0 Å². The summed E-state index contributed by atoms with van der Waals surface area (Å²) in [6, 6.07) is 11.8. The van der Waals surface area contributed by atoms with E-state index in [-0.39, 0.29) is 0 Å². The van der Waals surface area contributed by atoms with Crippen molar-refractivity contribution in [1.29, 1.82) is 0 Å². The zero-order valence-electron chi connectivity index (χ0n) is 11.7. The Morgan fingerprint density at radius 2 is 1.86 bits per heavy atom. The second-order valence-corrected chi connectivity index (χ2v) is 6.30. The predicted molar refractivity (Wildman–Crippen MR) is 89.5 cm³/mol. The summed E-state index contributed by atoms with van der Waals surface area (Å²) in [7, 11) is 0. The summed E-state index contributed by atoms with van der Waals surface area (Å²) in [5.41, 5.74) is 2.13. The van der Waals surface area contributed by atoms with Gasteiger partial charge in [0.05, 0.1) is 6.54 Å². The molecule has 0 aliphatic heterocycles. The smallest absolute Gasteiger partial charge is 0.183 e. The van der Waals surface area contributed by atoms with Crippen LogP contribution in [0, 0.1) is 0 Å². The maximum Gasteiger partial charge on any atom is 0.183 e. The third-order valence-electron chi connectivity index (χ3n) is 3.00. The van der Waals surface area contributed by atoms with E-state index in [4.69, 9.17) is 16.3 Å². The lowest BCUT2D eigenvalue weighted by Crippen LogP contribution is -1.98. The molecule has 0 aliphatic rings. The van der Waals surface area contributed by atoms with Crippen LogP contribution in [0.3, 0.4) is 0 Å². The van der Waals surface area contributed by atoms with E-state index in [1.54, 1.807) is 18.6 Å². The van der Waals surface area contributed by atoms with Gasteiger partial charge in [-0.3, -0.25) is 4.98 Å². The van der Waals surface area contributed by atoms with E-state index in [1.807, 2.05) is 36.4 Å². The molecule has 0 spiro atoms. The second-order valence-electron chi connectivity index (χ2n) is 4.60. The van der Waals surface area contributed by atoms with Gasteiger partial charge in [0.25, 0.3) is 0 Å². The summed E-state index contributed by atoms with van der Waals surface area (Å²) < 4.78 is 6.30. The molecule has 0 saturated carbocycles. The molecule has 0 fully saturated rings. The van der Waals surface area contributed by atoms with Crippen molar-refractivity contribution in [3.05, 3.63) is 69.9 Å². The zero-order valence-corrected chi connectivity index (χ0v) is 13.3. The first kappa shape index (κ1) is 14.8. The minimum absolute atomic E-state index is 0.536. The normalized spacial score (nSPS) is 10.4. The van der Waals surface area contributed by atoms with Crippen LogP contribution in [0.4, 0.5) is 5.69 Å². The quantitative estimate of drug-likeness (QED) is 0.728. The Labute approximate surface area is 137 Å². The van der Waals surface area contributed by atoms with Crippen LogP contribution in [0.5, 0.6) is 5.75 Å². The Bertz CT molecular complexity index is 716. The lowest BCUT2D eigenvalue weighted by atomic mass is 10.3. The molecule has 3 rings (SSSR count). The lowest BCUT2D eigenvalue weighted by Gasteiger charge is -2.08. The highest BCUT2D eigenvalue weighted by Crippen LogP contribution is 2.21. The molecular formula is C16H14ClN3OS. The van der Waals surface area contributed by atoms with E-state index in [0.29, 0.717) is 17.6 Å². The number of thiazole rings is 1. The summed E-state index contributed by atoms with van der Waals surface area (Å²) >= 11 is 7.29. The van der Waals surface area contributed by atoms with Crippen LogP contribution >= 0.6 is 22.9 Å². The highest BCUT2D eigenvalue weighted by atomic mass is 35.5. The maximum atomic E-state index is 5.81. The van der Waals surface area contributed by atoms with Crippen LogP contribution in [0.2, 0.25) is 4.47 Å². The molecule has 2 heterocycles. The van der Waals surface area contributed by atoms with E-state index >= 15 is 0 Å². The van der Waals surface area contributed by atoms with Crippen molar-refractivity contribution in [1.82, 2.24) is 9.97 Å². The van der Waals surface area contributed by atoms with Gasteiger partial charge in [-0.2, -0.15) is 0 Å². The molecule has 0 atom stereocenters. The number of nitrogens with zero attached hydrogens (tertiary/aromatic N) is 2. The standard InChI is InChI=1S/C16H14ClN3OS/c17-16-20-10-15(22-16)9-19-13-1-3-14(4-2-13)21-11-12-5-7-18-8-6-12/h1-8,10,19H,9,11H2. The second kappa shape index (κ2) is 7.24. The summed E-state index contributed by atoms with van der Waals surface area (Å²) in [4.78, 5) is 9.10. The summed E-state index contributed by atoms with van der Waals surface area (Å²) in [5.74, 6) is 0.836. The van der Waals surface area contributed by atoms with Gasteiger partial charge in [-0.25, -0.2) is 4.98 Å². The Kier molecular flexibility index (Phi) is 4.88. The molecule has 1 aromatic carbocycles. The van der Waals surface area contributed by atoms with E-state index in [2.05, 4.69) is 15.3 Å². The number of anilines is 1. The van der Waals surface area contributed by atoms with Crippen molar-refractivity contribution in [2.75, 3.05) is 5.32 Å². The Morgan fingerprint density at radius 3 is 2.55 bits per heavy atom. The number of halogens is 1. The van der Waals surface area contributed by atoms with Gasteiger partial charge in [-0.05, 0) is 42.0 Å². The highest BCUT2D eigenvalue weighted by Gasteiger charge is 2.00. The molecule has 0 unspecified atom stereocenters. The fraction of sp³-hybridized carbons (Fsp3) is 0.125. The molecular weight excluding hydrogens is 318 g/mol. The van der Waals surface area contributed by atoms with E-state index in [1.165, 1.54) is 11.3 Å². The van der Waals surface area contributed by atoms with Gasteiger partial charge < -0.3 is 10.1 Å². The van der Waals surface area contributed by atoms with Gasteiger partial charge in [0, 0.05) is 29.2 Å². The van der Waals surface area contributed by atoms with Crippen molar-refractivity contribution in [2.45, 2.75) is 13.2 Å². The molecule has 2 aromatic heterocycles. The number of aromatic nitrogens is 2. The average Bonchev–Trinajstić information content (AvgIpc) is 2.98. The van der Waals surface area contributed by atoms with Gasteiger partial charge in [0.1, 0.15) is 12.4 Å². The predicted octanol–water partition coefficient (Wildman–Crippen LogP) is 4.38. The van der Waals surface area contributed by atoms with Crippen molar-refractivity contribution in [3.63, 3.8) is 0 Å². The fourth-order valence-electron chi connectivity index (χ4n) is 1.87. The van der Waals surface area contributed by atoms with Gasteiger partial charge in [0.15, 0.2) is 4.47 Å². The van der Waals surface area contributed by atoms with Gasteiger partial charge in [-0.15, -0.1) is 11.3 Å². The van der Waals surface area contributed by atoms with Crippen LogP contribution in [0.25, 0.3) is 0 Å². The highest BCUT2D eigenvalue weighted by molar-refractivity contribution is 7.15. The number of benzene rings is 1. The first-order valence-electron chi connectivity index (χ1n) is 6.75. The average molecular weight is 332 g/mol. The first-order chi connectivity index (χ1) is 10.8. The SMILES string of the molecule is Clc1ncc(CNc2ccc(OCc3ccncc3)cc2)s1. The topological polar surface area (TPSA) is 47.0 Å². The summed E-state index contributed by atoms with van der Waals surface area (Å²) in [5, 5.41) is 3.32. The van der Waals surface area contributed by atoms with E-state index in [9.17, 15) is 0 Å². The third-order valence-corrected chi connectivity index (χ3v) is 4.12. The van der Waals surface area contributed by atoms with Crippen LogP contribution in [0.15, 0.2) is 55.0 Å². The molecule has 6 heteroatoms. The van der Waals surface area contributed by atoms with Crippen LogP contribution in [0.1, 0.15) is 10.4 Å². The molecule has 1 N–H and O–H groups in total. The molecule has 3 aromatic rings. The van der Waals surface area contributed by atoms with E-state index in [0.717, 1.165) is 21.9 Å². The van der Waals surface area contributed by atoms with Crippen molar-refractivity contribution in [2.24, 2.45) is 0 Å². The Morgan fingerprint density at radius 1 is 1.09 bits per heavy atom. The monoisotopic (exact) mass is 331 g/mol. The largest absolute Gasteiger partial charge is 0.489 e. The summed E-state index contributed by atoms with van der Waals surface area (Å²) in [6.07, 6.45) is 5.31. The molecule has 112 valence electrons. The van der Waals surface area contributed by atoms with E-state index < -0.39 is 0 Å². The Hall–Kier alpha value is -2.11. The number of hydrogen-bond donors (Lipinski definition) is 1. The van der Waals surface area contributed by atoms with Gasteiger partial charge in [-0.1, -0.05) is 11.6 Å². The van der Waals surface area contributed by atoms with Crippen LogP contribution in [-0.4, -0.2) is 9.97 Å². The molecule has 22 heavy (non-hydrogen) atoms. The van der Waals surface area contributed by atoms with Crippen molar-refractivity contribution >= 4 is 28.6 Å². The van der Waals surface area contributed by atoms with Crippen LogP contribution in [-0.2, 0) is 13.2 Å². The molecule has 0 amide bonds. The molecule has 0 saturated heterocycles. The number of nitrogens with one attached hydrogen (secondary N) is 1. The van der Waals surface area contributed by atoms with Crippen LogP contribution < -0.4 is 10.1 Å². The van der Waals surface area contributed by atoms with Crippen molar-refractivity contribution < 1.29 is 4.74 Å². The zero-order chi connectivity index (χ0) is 15.2. The fourth-order valence-corrected chi connectivity index (χ4v) is 2.79. The molecule has 0 radical (unpaired) electrons. The summed E-state index contributed by atoms with van der Waals surface area (Å²) in [6.45, 7) is 1.25. The number of pyridine rings is 1. The Balaban J connectivity index is 1.51. The van der Waals surface area contributed by atoms with Gasteiger partial charge in [0.2, 0.25) is 0 Å². The number of hydrogen-bond acceptors (Lipinski definition) is 5. The third kappa shape index (κ3) is 4.19. The molecule has 0 aliphatic carbocycles. The molecule has 0 bridgehead atoms. The maximum absolute atomic E-state index is 5.81. The van der Waals surface area contributed by atoms with Crippen molar-refractivity contribution in [3.8, 4) is 5.75 Å². The lowest BCUT2D eigenvalue weighted by molar-refractivity contribution is 0.306. The first-order valence-corrected chi connectivity index (χ1v) is 7.95. The minimum atomic E-state index is 0.536. The minimum Gasteiger partial charge on any atom is -0.489 e.